The van der Waals surface area contributed by atoms with Crippen LogP contribution in [-0.4, -0.2) is 19.5 Å². The summed E-state index contributed by atoms with van der Waals surface area (Å²) in [5.41, 5.74) is 8.75. The summed E-state index contributed by atoms with van der Waals surface area (Å²) in [6.07, 6.45) is 4.05. The first kappa shape index (κ1) is 19.6. The van der Waals surface area contributed by atoms with Gasteiger partial charge in [-0.25, -0.2) is 0 Å². The van der Waals surface area contributed by atoms with Crippen LogP contribution in [0.3, 0.4) is 0 Å². The lowest BCUT2D eigenvalue weighted by Gasteiger charge is -2.06. The van der Waals surface area contributed by atoms with Crippen molar-refractivity contribution in [2.24, 2.45) is 0 Å². The zero-order valence-electron chi connectivity index (χ0n) is 16.5. The highest BCUT2D eigenvalue weighted by atomic mass is 15.2. The van der Waals surface area contributed by atoms with Gasteiger partial charge in [0.05, 0.1) is 18.1 Å². The van der Waals surface area contributed by atoms with E-state index in [1.165, 1.54) is 0 Å². The molecule has 4 rings (SSSR count). The number of rotatable bonds is 6. The first-order valence-corrected chi connectivity index (χ1v) is 9.58. The van der Waals surface area contributed by atoms with E-state index in [1.807, 2.05) is 65.4 Å². The van der Waals surface area contributed by atoms with Crippen molar-refractivity contribution in [3.05, 3.63) is 72.2 Å². The number of nitrogens with two attached hydrogens (primary N) is 1. The largest absolute Gasteiger partial charge is 0.368 e. The molecule has 2 heterocycles. The number of anilines is 3. The van der Waals surface area contributed by atoms with Gasteiger partial charge in [-0.3, -0.25) is 0 Å². The van der Waals surface area contributed by atoms with Crippen LogP contribution in [0.5, 0.6) is 0 Å². The van der Waals surface area contributed by atoms with Gasteiger partial charge < -0.3 is 15.6 Å². The Morgan fingerprint density at radius 1 is 1.03 bits per heavy atom. The standard InChI is InChI=1S/C23H18N8/c24-11-6-12-31-15-17(19-9-4-5-10-20(19)31)13-16(14-25)21-28-22(26)30-23(29-21)27-18-7-2-1-3-8-18/h1-5,7-10,13,15H,6,12H2,(H3,26,27,28,29,30). The minimum atomic E-state index is 0.0148. The summed E-state index contributed by atoms with van der Waals surface area (Å²) >= 11 is 0. The predicted molar refractivity (Wildman–Crippen MR) is 120 cm³/mol. The van der Waals surface area contributed by atoms with Gasteiger partial charge in [0.15, 0.2) is 5.82 Å². The zero-order chi connectivity index (χ0) is 21.6. The summed E-state index contributed by atoms with van der Waals surface area (Å²) in [5, 5.41) is 22.8. The lowest BCUT2D eigenvalue weighted by Crippen LogP contribution is -2.06. The molecule has 0 atom stereocenters. The Kier molecular flexibility index (Phi) is 5.55. The molecule has 0 spiro atoms. The van der Waals surface area contributed by atoms with Gasteiger partial charge in [-0.05, 0) is 24.3 Å². The first-order valence-electron chi connectivity index (χ1n) is 9.58. The molecule has 2 aromatic carbocycles. The molecule has 8 nitrogen and oxygen atoms in total. The molecule has 0 bridgehead atoms. The number of fused-ring (bicyclic) bond motifs is 1. The monoisotopic (exact) mass is 406 g/mol. The summed E-state index contributed by atoms with van der Waals surface area (Å²) in [6.45, 7) is 0.566. The maximum Gasteiger partial charge on any atom is 0.232 e. The number of para-hydroxylation sites is 2. The smallest absolute Gasteiger partial charge is 0.232 e. The molecule has 0 aliphatic heterocycles. The Morgan fingerprint density at radius 3 is 2.58 bits per heavy atom. The van der Waals surface area contributed by atoms with Crippen LogP contribution in [0.4, 0.5) is 17.6 Å². The van der Waals surface area contributed by atoms with E-state index in [2.05, 4.69) is 32.4 Å². The molecule has 0 unspecified atom stereocenters. The van der Waals surface area contributed by atoms with E-state index in [0.29, 0.717) is 13.0 Å². The molecular formula is C23H18N8. The molecule has 8 heteroatoms. The normalized spacial score (nSPS) is 11.1. The maximum absolute atomic E-state index is 9.80. The van der Waals surface area contributed by atoms with E-state index in [0.717, 1.165) is 22.2 Å². The number of hydrogen-bond donors (Lipinski definition) is 2. The molecule has 0 aliphatic rings. The minimum absolute atomic E-state index is 0.0148. The van der Waals surface area contributed by atoms with Gasteiger partial charge in [-0.2, -0.15) is 25.5 Å². The zero-order valence-corrected chi connectivity index (χ0v) is 16.5. The fraction of sp³-hybridized carbons (Fsp3) is 0.0870. The highest BCUT2D eigenvalue weighted by Gasteiger charge is 2.13. The number of nitrogens with one attached hydrogen (secondary N) is 1. The number of allylic oxidation sites excluding steroid dienone is 1. The molecule has 3 N–H and O–H groups in total. The third-order valence-electron chi connectivity index (χ3n) is 4.63. The van der Waals surface area contributed by atoms with Gasteiger partial charge in [0.1, 0.15) is 6.07 Å². The van der Waals surface area contributed by atoms with Crippen molar-refractivity contribution in [3.63, 3.8) is 0 Å². The Morgan fingerprint density at radius 2 is 1.81 bits per heavy atom. The van der Waals surface area contributed by atoms with Crippen molar-refractivity contribution >= 4 is 40.1 Å². The Bertz CT molecular complexity index is 1340. The molecule has 150 valence electrons. The number of nitrogens with zero attached hydrogens (tertiary/aromatic N) is 6. The third-order valence-corrected chi connectivity index (χ3v) is 4.63. The van der Waals surface area contributed by atoms with Gasteiger partial charge in [0.25, 0.3) is 0 Å². The van der Waals surface area contributed by atoms with E-state index in [4.69, 9.17) is 11.0 Å². The highest BCUT2D eigenvalue weighted by Crippen LogP contribution is 2.26. The van der Waals surface area contributed by atoms with Crippen LogP contribution >= 0.6 is 0 Å². The summed E-state index contributed by atoms with van der Waals surface area (Å²) in [6, 6.07) is 21.6. The van der Waals surface area contributed by atoms with E-state index in [9.17, 15) is 5.26 Å². The van der Waals surface area contributed by atoms with Crippen molar-refractivity contribution < 1.29 is 0 Å². The van der Waals surface area contributed by atoms with Gasteiger partial charge in [0, 0.05) is 34.9 Å². The molecule has 0 fully saturated rings. The molecule has 0 saturated carbocycles. The number of nitrogen functional groups attached to an aromatic ring is 1. The fourth-order valence-electron chi connectivity index (χ4n) is 3.27. The van der Waals surface area contributed by atoms with Gasteiger partial charge in [-0.1, -0.05) is 36.4 Å². The molecule has 0 radical (unpaired) electrons. The Balaban J connectivity index is 1.74. The fourth-order valence-corrected chi connectivity index (χ4v) is 3.27. The van der Waals surface area contributed by atoms with Crippen LogP contribution in [0.25, 0.3) is 22.6 Å². The van der Waals surface area contributed by atoms with Crippen LogP contribution in [0.15, 0.2) is 60.8 Å². The molecule has 4 aromatic rings. The highest BCUT2D eigenvalue weighted by molar-refractivity contribution is 5.97. The molecule has 0 amide bonds. The van der Waals surface area contributed by atoms with Crippen molar-refractivity contribution in [3.8, 4) is 12.1 Å². The van der Waals surface area contributed by atoms with Crippen LogP contribution in [-0.2, 0) is 6.54 Å². The van der Waals surface area contributed by atoms with Gasteiger partial charge in [-0.15, -0.1) is 0 Å². The molecule has 0 saturated heterocycles. The van der Waals surface area contributed by atoms with Crippen LogP contribution < -0.4 is 11.1 Å². The van der Waals surface area contributed by atoms with E-state index >= 15 is 0 Å². The van der Waals surface area contributed by atoms with Crippen molar-refractivity contribution in [2.75, 3.05) is 11.1 Å². The van der Waals surface area contributed by atoms with E-state index in [-0.39, 0.29) is 23.3 Å². The second kappa shape index (κ2) is 8.76. The second-order valence-electron chi connectivity index (χ2n) is 6.70. The molecule has 0 aliphatic carbocycles. The van der Waals surface area contributed by atoms with Gasteiger partial charge >= 0.3 is 0 Å². The third kappa shape index (κ3) is 4.34. The quantitative estimate of drug-likeness (QED) is 0.460. The second-order valence-corrected chi connectivity index (χ2v) is 6.70. The number of hydrogen-bond acceptors (Lipinski definition) is 7. The minimum Gasteiger partial charge on any atom is -0.368 e. The number of benzene rings is 2. The van der Waals surface area contributed by atoms with E-state index in [1.54, 1.807) is 6.08 Å². The van der Waals surface area contributed by atoms with Crippen LogP contribution in [0.2, 0.25) is 0 Å². The molecular weight excluding hydrogens is 388 g/mol. The number of aryl methyl sites for hydroxylation is 1. The lowest BCUT2D eigenvalue weighted by atomic mass is 10.1. The molecule has 31 heavy (non-hydrogen) atoms. The lowest BCUT2D eigenvalue weighted by molar-refractivity contribution is 0.744. The first-order chi connectivity index (χ1) is 15.2. The number of aromatic nitrogens is 4. The summed E-state index contributed by atoms with van der Waals surface area (Å²) in [4.78, 5) is 12.6. The van der Waals surface area contributed by atoms with Crippen LogP contribution in [0, 0.1) is 22.7 Å². The maximum atomic E-state index is 9.80. The average molecular weight is 406 g/mol. The Hall–Kier alpha value is -4.69. The topological polar surface area (TPSA) is 129 Å². The average Bonchev–Trinajstić information content (AvgIpc) is 3.13. The van der Waals surface area contributed by atoms with Crippen LogP contribution in [0.1, 0.15) is 17.8 Å². The van der Waals surface area contributed by atoms with Crippen molar-refractivity contribution in [1.29, 1.82) is 10.5 Å². The van der Waals surface area contributed by atoms with E-state index < -0.39 is 0 Å². The Labute approximate surface area is 178 Å². The summed E-state index contributed by atoms with van der Waals surface area (Å²) in [7, 11) is 0. The summed E-state index contributed by atoms with van der Waals surface area (Å²) < 4.78 is 2.00. The SMILES string of the molecule is N#CCCn1cc(C=C(C#N)c2nc(N)nc(Nc3ccccc3)n2)c2ccccc21. The molecule has 2 aromatic heterocycles. The predicted octanol–water partition coefficient (Wildman–Crippen LogP) is 4.13. The van der Waals surface area contributed by atoms with Crippen molar-refractivity contribution in [1.82, 2.24) is 19.5 Å². The van der Waals surface area contributed by atoms with Crippen molar-refractivity contribution in [2.45, 2.75) is 13.0 Å². The number of nitriles is 2. The van der Waals surface area contributed by atoms with Gasteiger partial charge in [0.2, 0.25) is 11.9 Å². The summed E-state index contributed by atoms with van der Waals surface area (Å²) in [5.74, 6) is 0.453.